The van der Waals surface area contributed by atoms with Gasteiger partial charge in [-0.25, -0.2) is 9.78 Å². The molecule has 1 aromatic carbocycles. The minimum absolute atomic E-state index is 0.117. The number of aromatic nitrogens is 2. The van der Waals surface area contributed by atoms with E-state index in [0.29, 0.717) is 24.2 Å². The summed E-state index contributed by atoms with van der Waals surface area (Å²) in [6, 6.07) is 12.8. The predicted octanol–water partition coefficient (Wildman–Crippen LogP) is 3.94. The molecule has 2 aromatic heterocycles. The number of benzene rings is 1. The monoisotopic (exact) mass is 402 g/mol. The molecule has 0 radical (unpaired) electrons. The van der Waals surface area contributed by atoms with Gasteiger partial charge in [-0.1, -0.05) is 18.2 Å². The minimum atomic E-state index is -1.13. The number of halogens is 1. The van der Waals surface area contributed by atoms with Crippen LogP contribution in [0.25, 0.3) is 10.9 Å². The lowest BCUT2D eigenvalue weighted by Gasteiger charge is -2.10. The summed E-state index contributed by atoms with van der Waals surface area (Å²) in [5.74, 6) is -0.174. The lowest BCUT2D eigenvalue weighted by Crippen LogP contribution is -2.09. The van der Waals surface area contributed by atoms with Gasteiger partial charge in [-0.2, -0.15) is 0 Å². The van der Waals surface area contributed by atoms with Gasteiger partial charge in [-0.15, -0.1) is 0 Å². The molecular formula is C18H15BrN2O4. The Balaban J connectivity index is 1.55. The van der Waals surface area contributed by atoms with Crippen molar-refractivity contribution in [3.8, 4) is 11.5 Å². The van der Waals surface area contributed by atoms with Crippen molar-refractivity contribution in [2.45, 2.75) is 6.42 Å². The number of pyridine rings is 2. The minimum Gasteiger partial charge on any atom is -0.491 e. The van der Waals surface area contributed by atoms with Gasteiger partial charge in [0.1, 0.15) is 15.9 Å². The Morgan fingerprint density at radius 1 is 1.04 bits per heavy atom. The highest BCUT2D eigenvalue weighted by Gasteiger charge is 2.13. The summed E-state index contributed by atoms with van der Waals surface area (Å²) in [6.07, 6.45) is 2.32. The first-order valence-corrected chi connectivity index (χ1v) is 8.43. The van der Waals surface area contributed by atoms with Crippen LogP contribution in [0.1, 0.15) is 16.9 Å². The molecule has 7 heteroatoms. The fourth-order valence-electron chi connectivity index (χ4n) is 2.31. The zero-order valence-corrected chi connectivity index (χ0v) is 14.8. The van der Waals surface area contributed by atoms with Crippen LogP contribution in [0.2, 0.25) is 0 Å². The van der Waals surface area contributed by atoms with Gasteiger partial charge in [0, 0.05) is 18.0 Å². The summed E-state index contributed by atoms with van der Waals surface area (Å²) in [5, 5.41) is 10.2. The zero-order chi connectivity index (χ0) is 17.6. The highest BCUT2D eigenvalue weighted by Crippen LogP contribution is 2.23. The summed E-state index contributed by atoms with van der Waals surface area (Å²) in [7, 11) is 0. The Morgan fingerprint density at radius 3 is 2.60 bits per heavy atom. The smallest absolute Gasteiger partial charge is 0.358 e. The van der Waals surface area contributed by atoms with Crippen LogP contribution in [0.5, 0.6) is 11.5 Å². The van der Waals surface area contributed by atoms with E-state index in [4.69, 9.17) is 14.6 Å². The number of hydrogen-bond acceptors (Lipinski definition) is 5. The molecule has 0 saturated heterocycles. The molecule has 0 bridgehead atoms. The zero-order valence-electron chi connectivity index (χ0n) is 13.2. The van der Waals surface area contributed by atoms with Crippen molar-refractivity contribution < 1.29 is 19.4 Å². The number of aromatic carboxylic acids is 1. The second-order valence-electron chi connectivity index (χ2n) is 5.17. The van der Waals surface area contributed by atoms with E-state index in [2.05, 4.69) is 25.9 Å². The van der Waals surface area contributed by atoms with Crippen molar-refractivity contribution in [3.63, 3.8) is 0 Å². The lowest BCUT2D eigenvalue weighted by molar-refractivity contribution is 0.0685. The van der Waals surface area contributed by atoms with Crippen LogP contribution >= 0.6 is 15.9 Å². The second kappa shape index (κ2) is 7.94. The topological polar surface area (TPSA) is 81.5 Å². The highest BCUT2D eigenvalue weighted by atomic mass is 79.9. The quantitative estimate of drug-likeness (QED) is 0.476. The number of carbonyl (C=O) groups is 1. The van der Waals surface area contributed by atoms with Gasteiger partial charge in [0.25, 0.3) is 0 Å². The van der Waals surface area contributed by atoms with E-state index in [9.17, 15) is 4.79 Å². The molecule has 2 heterocycles. The summed E-state index contributed by atoms with van der Waals surface area (Å²) < 4.78 is 11.7. The van der Waals surface area contributed by atoms with Crippen LogP contribution in [0.15, 0.2) is 53.3 Å². The summed E-state index contributed by atoms with van der Waals surface area (Å²) in [6.45, 7) is 0.754. The van der Waals surface area contributed by atoms with Crippen molar-refractivity contribution in [2.75, 3.05) is 13.2 Å². The van der Waals surface area contributed by atoms with Gasteiger partial charge in [0.15, 0.2) is 11.4 Å². The average molecular weight is 403 g/mol. The molecule has 0 saturated carbocycles. The fraction of sp³-hybridized carbons (Fsp3) is 0.167. The molecule has 0 aliphatic rings. The highest BCUT2D eigenvalue weighted by molar-refractivity contribution is 9.10. The van der Waals surface area contributed by atoms with Gasteiger partial charge in [-0.05, 0) is 40.2 Å². The molecule has 0 amide bonds. The number of nitrogens with zero attached hydrogens (tertiary/aromatic N) is 2. The number of hydrogen-bond donors (Lipinski definition) is 1. The van der Waals surface area contributed by atoms with E-state index in [1.807, 2.05) is 30.3 Å². The number of rotatable bonds is 7. The lowest BCUT2D eigenvalue weighted by atomic mass is 10.2. The summed E-state index contributed by atoms with van der Waals surface area (Å²) in [4.78, 5) is 19.4. The van der Waals surface area contributed by atoms with Gasteiger partial charge in [-0.3, -0.25) is 4.98 Å². The van der Waals surface area contributed by atoms with E-state index >= 15 is 0 Å². The molecule has 3 aromatic rings. The van der Waals surface area contributed by atoms with E-state index in [-0.39, 0.29) is 11.4 Å². The Hall–Kier alpha value is -2.67. The molecule has 0 aliphatic carbocycles. The standard InChI is InChI=1S/C18H15BrN2O4/c19-15-8-7-14(17(21-15)18(22)23)25-11-3-10-24-13-6-1-4-12-5-2-9-20-16(12)13/h1-2,4-9H,3,10-11H2,(H,22,23). The van der Waals surface area contributed by atoms with Crippen molar-refractivity contribution in [1.29, 1.82) is 0 Å². The Kier molecular flexibility index (Phi) is 5.45. The average Bonchev–Trinajstić information content (AvgIpc) is 2.62. The maximum Gasteiger partial charge on any atom is 0.358 e. The van der Waals surface area contributed by atoms with Gasteiger partial charge >= 0.3 is 5.97 Å². The third kappa shape index (κ3) is 4.24. The third-order valence-electron chi connectivity index (χ3n) is 3.43. The molecule has 128 valence electrons. The summed E-state index contributed by atoms with van der Waals surface area (Å²) in [5.41, 5.74) is 0.699. The maximum atomic E-state index is 11.2. The fourth-order valence-corrected chi connectivity index (χ4v) is 2.62. The van der Waals surface area contributed by atoms with Crippen LogP contribution in [0, 0.1) is 0 Å². The van der Waals surface area contributed by atoms with Gasteiger partial charge < -0.3 is 14.6 Å². The Bertz CT molecular complexity index is 896. The molecule has 1 N–H and O–H groups in total. The Labute approximate surface area is 152 Å². The predicted molar refractivity (Wildman–Crippen MR) is 96.2 cm³/mol. The SMILES string of the molecule is O=C(O)c1nc(Br)ccc1OCCCOc1cccc2cccnc12. The van der Waals surface area contributed by atoms with Crippen LogP contribution < -0.4 is 9.47 Å². The summed E-state index contributed by atoms with van der Waals surface area (Å²) >= 11 is 3.15. The van der Waals surface area contributed by atoms with Gasteiger partial charge in [0.05, 0.1) is 13.2 Å². The third-order valence-corrected chi connectivity index (χ3v) is 3.87. The molecule has 0 fully saturated rings. The van der Waals surface area contributed by atoms with Crippen molar-refractivity contribution >= 4 is 32.8 Å². The van der Waals surface area contributed by atoms with Crippen LogP contribution in [0.4, 0.5) is 0 Å². The molecule has 0 unspecified atom stereocenters. The first-order valence-electron chi connectivity index (χ1n) is 7.64. The van der Waals surface area contributed by atoms with E-state index in [0.717, 1.165) is 16.7 Å². The number of para-hydroxylation sites is 1. The molecule has 6 nitrogen and oxygen atoms in total. The number of carboxylic acid groups (broad SMARTS) is 1. The van der Waals surface area contributed by atoms with Crippen LogP contribution in [-0.4, -0.2) is 34.3 Å². The van der Waals surface area contributed by atoms with Crippen LogP contribution in [0.3, 0.4) is 0 Å². The largest absolute Gasteiger partial charge is 0.491 e. The second-order valence-corrected chi connectivity index (χ2v) is 5.98. The molecule has 0 aliphatic heterocycles. The number of ether oxygens (including phenoxy) is 2. The van der Waals surface area contributed by atoms with Crippen molar-refractivity contribution in [3.05, 3.63) is 59.0 Å². The normalized spacial score (nSPS) is 10.6. The molecule has 3 rings (SSSR count). The number of fused-ring (bicyclic) bond motifs is 1. The Morgan fingerprint density at radius 2 is 1.80 bits per heavy atom. The van der Waals surface area contributed by atoms with Crippen LogP contribution in [-0.2, 0) is 0 Å². The maximum absolute atomic E-state index is 11.2. The van der Waals surface area contributed by atoms with E-state index in [1.54, 1.807) is 18.3 Å². The number of carboxylic acids is 1. The first kappa shape index (κ1) is 17.2. The first-order chi connectivity index (χ1) is 12.1. The van der Waals surface area contributed by atoms with Crippen molar-refractivity contribution in [1.82, 2.24) is 9.97 Å². The molecular weight excluding hydrogens is 388 g/mol. The molecule has 0 atom stereocenters. The van der Waals surface area contributed by atoms with E-state index in [1.165, 1.54) is 0 Å². The van der Waals surface area contributed by atoms with E-state index < -0.39 is 5.97 Å². The van der Waals surface area contributed by atoms with Gasteiger partial charge in [0.2, 0.25) is 0 Å². The molecule has 0 spiro atoms. The van der Waals surface area contributed by atoms with Crippen molar-refractivity contribution in [2.24, 2.45) is 0 Å². The molecule has 25 heavy (non-hydrogen) atoms.